The molecule has 4 rings (SSSR count). The van der Waals surface area contributed by atoms with Gasteiger partial charge < -0.3 is 4.90 Å². The molecular weight excluding hydrogens is 382 g/mol. The van der Waals surface area contributed by atoms with Crippen molar-refractivity contribution in [1.29, 1.82) is 0 Å². The summed E-state index contributed by atoms with van der Waals surface area (Å²) in [4.78, 5) is 21.1. The van der Waals surface area contributed by atoms with E-state index in [1.807, 2.05) is 18.2 Å². The lowest BCUT2D eigenvalue weighted by Crippen LogP contribution is -2.50. The van der Waals surface area contributed by atoms with Gasteiger partial charge in [-0.25, -0.2) is 13.4 Å². The van der Waals surface area contributed by atoms with Gasteiger partial charge >= 0.3 is 0 Å². The van der Waals surface area contributed by atoms with Gasteiger partial charge in [-0.3, -0.25) is 9.69 Å². The van der Waals surface area contributed by atoms with E-state index in [1.54, 1.807) is 16.2 Å². The molecule has 8 heteroatoms. The third-order valence-electron chi connectivity index (χ3n) is 5.56. The average molecular weight is 408 g/mol. The van der Waals surface area contributed by atoms with Crippen LogP contribution in [0.25, 0.3) is 10.2 Å². The Kier molecular flexibility index (Phi) is 5.48. The van der Waals surface area contributed by atoms with E-state index in [1.165, 1.54) is 4.70 Å². The first-order valence-electron chi connectivity index (χ1n) is 9.57. The topological polar surface area (TPSA) is 70.6 Å². The van der Waals surface area contributed by atoms with Crippen molar-refractivity contribution in [2.45, 2.75) is 37.5 Å². The maximum atomic E-state index is 12.5. The van der Waals surface area contributed by atoms with Crippen LogP contribution in [-0.4, -0.2) is 66.3 Å². The maximum Gasteiger partial charge on any atom is 0.237 e. The van der Waals surface area contributed by atoms with E-state index in [2.05, 4.69) is 16.0 Å². The minimum atomic E-state index is -3.30. The fourth-order valence-corrected chi connectivity index (χ4v) is 6.79. The van der Waals surface area contributed by atoms with Crippen molar-refractivity contribution in [1.82, 2.24) is 14.8 Å². The van der Waals surface area contributed by atoms with Gasteiger partial charge in [0, 0.05) is 26.2 Å². The van der Waals surface area contributed by atoms with E-state index in [-0.39, 0.29) is 16.9 Å². The van der Waals surface area contributed by atoms with E-state index in [9.17, 15) is 13.2 Å². The van der Waals surface area contributed by atoms with Crippen LogP contribution in [0, 0.1) is 0 Å². The summed E-state index contributed by atoms with van der Waals surface area (Å²) in [5.41, 5.74) is 1.03. The van der Waals surface area contributed by atoms with Crippen LogP contribution < -0.4 is 0 Å². The molecule has 1 saturated heterocycles. The monoisotopic (exact) mass is 407 g/mol. The predicted octanol–water partition coefficient (Wildman–Crippen LogP) is 2.30. The molecule has 27 heavy (non-hydrogen) atoms. The van der Waals surface area contributed by atoms with Crippen LogP contribution in [-0.2, 0) is 21.2 Å². The number of thiazole rings is 1. The van der Waals surface area contributed by atoms with E-state index in [4.69, 9.17) is 0 Å². The van der Waals surface area contributed by atoms with Gasteiger partial charge in [0.25, 0.3) is 0 Å². The van der Waals surface area contributed by atoms with Crippen molar-refractivity contribution in [3.8, 4) is 0 Å². The molecule has 1 saturated carbocycles. The average Bonchev–Trinajstić information content (AvgIpc) is 3.31. The number of amides is 1. The molecule has 2 heterocycles. The zero-order valence-corrected chi connectivity index (χ0v) is 17.0. The molecule has 0 radical (unpaired) electrons. The summed E-state index contributed by atoms with van der Waals surface area (Å²) in [6, 6.07) is 8.12. The molecular formula is C19H25N3O3S2. The Morgan fingerprint density at radius 1 is 1.11 bits per heavy atom. The SMILES string of the molecule is O=C(CS(=O)(=O)C1CCCC1)N1CCN(Cc2nc3ccccc3s2)CC1. The van der Waals surface area contributed by atoms with Gasteiger partial charge in [0.15, 0.2) is 9.84 Å². The first-order chi connectivity index (χ1) is 13.0. The van der Waals surface area contributed by atoms with Gasteiger partial charge in [0.2, 0.25) is 5.91 Å². The van der Waals surface area contributed by atoms with Crippen LogP contribution in [0.5, 0.6) is 0 Å². The number of nitrogens with zero attached hydrogens (tertiary/aromatic N) is 3. The molecule has 1 aromatic heterocycles. The van der Waals surface area contributed by atoms with Crippen LogP contribution in [0.4, 0.5) is 0 Å². The lowest BCUT2D eigenvalue weighted by molar-refractivity contribution is -0.130. The highest BCUT2D eigenvalue weighted by Crippen LogP contribution is 2.26. The van der Waals surface area contributed by atoms with Gasteiger partial charge in [0.1, 0.15) is 10.8 Å². The molecule has 1 amide bonds. The maximum absolute atomic E-state index is 12.5. The molecule has 0 atom stereocenters. The highest BCUT2D eigenvalue weighted by molar-refractivity contribution is 7.92. The number of hydrogen-bond acceptors (Lipinski definition) is 6. The van der Waals surface area contributed by atoms with Crippen molar-refractivity contribution >= 4 is 37.3 Å². The second-order valence-corrected chi connectivity index (χ2v) is 10.8. The van der Waals surface area contributed by atoms with Gasteiger partial charge in [-0.2, -0.15) is 0 Å². The number of piperazine rings is 1. The van der Waals surface area contributed by atoms with Crippen LogP contribution in [0.3, 0.4) is 0 Å². The molecule has 6 nitrogen and oxygen atoms in total. The standard InChI is InChI=1S/C19H25N3O3S2/c23-19(14-27(24,25)15-5-1-2-6-15)22-11-9-21(10-12-22)13-18-20-16-7-3-4-8-17(16)26-18/h3-4,7-8,15H,1-2,5-6,9-14H2. The number of fused-ring (bicyclic) bond motifs is 1. The normalized spacial score (nSPS) is 19.8. The molecule has 146 valence electrons. The van der Waals surface area contributed by atoms with Crippen molar-refractivity contribution in [3.63, 3.8) is 0 Å². The third kappa shape index (κ3) is 4.33. The smallest absolute Gasteiger partial charge is 0.237 e. The van der Waals surface area contributed by atoms with E-state index >= 15 is 0 Å². The number of para-hydroxylation sites is 1. The second-order valence-electron chi connectivity index (χ2n) is 7.45. The number of rotatable bonds is 5. The third-order valence-corrected chi connectivity index (χ3v) is 8.71. The molecule has 2 fully saturated rings. The number of carbonyl (C=O) groups excluding carboxylic acids is 1. The summed E-state index contributed by atoms with van der Waals surface area (Å²) < 4.78 is 26.0. The first-order valence-corrected chi connectivity index (χ1v) is 12.1. The Bertz CT molecular complexity index is 878. The van der Waals surface area contributed by atoms with E-state index < -0.39 is 9.84 Å². The largest absolute Gasteiger partial charge is 0.339 e. The van der Waals surface area contributed by atoms with E-state index in [0.717, 1.165) is 43.0 Å². The van der Waals surface area contributed by atoms with Crippen LogP contribution in [0.1, 0.15) is 30.7 Å². The van der Waals surface area contributed by atoms with E-state index in [0.29, 0.717) is 25.9 Å². The molecule has 0 bridgehead atoms. The summed E-state index contributed by atoms with van der Waals surface area (Å²) in [5.74, 6) is -0.559. The van der Waals surface area contributed by atoms with Crippen molar-refractivity contribution < 1.29 is 13.2 Å². The van der Waals surface area contributed by atoms with Crippen LogP contribution >= 0.6 is 11.3 Å². The number of aromatic nitrogens is 1. The molecule has 1 aliphatic heterocycles. The van der Waals surface area contributed by atoms with Gasteiger partial charge in [0.05, 0.1) is 22.0 Å². The van der Waals surface area contributed by atoms with Gasteiger partial charge in [-0.15, -0.1) is 11.3 Å². The summed E-state index contributed by atoms with van der Waals surface area (Å²) in [6.07, 6.45) is 3.35. The highest BCUT2D eigenvalue weighted by atomic mass is 32.2. The number of benzene rings is 1. The first kappa shape index (κ1) is 18.8. The van der Waals surface area contributed by atoms with Gasteiger partial charge in [-0.1, -0.05) is 25.0 Å². The minimum Gasteiger partial charge on any atom is -0.339 e. The number of hydrogen-bond donors (Lipinski definition) is 0. The van der Waals surface area contributed by atoms with Crippen LogP contribution in [0.15, 0.2) is 24.3 Å². The van der Waals surface area contributed by atoms with Gasteiger partial charge in [-0.05, 0) is 25.0 Å². The minimum absolute atomic E-state index is 0.235. The zero-order valence-electron chi connectivity index (χ0n) is 15.3. The lowest BCUT2D eigenvalue weighted by Gasteiger charge is -2.34. The summed E-state index contributed by atoms with van der Waals surface area (Å²) in [5, 5.41) is 0.779. The highest BCUT2D eigenvalue weighted by Gasteiger charge is 2.33. The Labute approximate surface area is 164 Å². The molecule has 0 unspecified atom stereocenters. The summed E-state index contributed by atoms with van der Waals surface area (Å²) in [6.45, 7) is 3.46. The Morgan fingerprint density at radius 2 is 1.81 bits per heavy atom. The molecule has 0 spiro atoms. The fourth-order valence-electron chi connectivity index (χ4n) is 3.96. The Morgan fingerprint density at radius 3 is 2.52 bits per heavy atom. The van der Waals surface area contributed by atoms with Crippen LogP contribution in [0.2, 0.25) is 0 Å². The summed E-state index contributed by atoms with van der Waals surface area (Å²) >= 11 is 1.71. The molecule has 1 aromatic carbocycles. The number of carbonyl (C=O) groups is 1. The zero-order chi connectivity index (χ0) is 18.9. The molecule has 2 aliphatic rings. The lowest BCUT2D eigenvalue weighted by atomic mass is 10.3. The summed E-state index contributed by atoms with van der Waals surface area (Å²) in [7, 11) is -3.30. The molecule has 1 aliphatic carbocycles. The quantitative estimate of drug-likeness (QED) is 0.761. The van der Waals surface area contributed by atoms with Crippen molar-refractivity contribution in [2.24, 2.45) is 0 Å². The van der Waals surface area contributed by atoms with Crippen molar-refractivity contribution in [2.75, 3.05) is 31.9 Å². The Hall–Kier alpha value is -1.51. The molecule has 2 aromatic rings. The predicted molar refractivity (Wildman–Crippen MR) is 108 cm³/mol. The second kappa shape index (κ2) is 7.85. The molecule has 0 N–H and O–H groups in total. The fraction of sp³-hybridized carbons (Fsp3) is 0.579. The van der Waals surface area contributed by atoms with Crippen molar-refractivity contribution in [3.05, 3.63) is 29.3 Å². The Balaban J connectivity index is 1.30. The number of sulfone groups is 1.